The maximum Gasteiger partial charge on any atom is 0.165 e. The van der Waals surface area contributed by atoms with Crippen LogP contribution in [0.15, 0.2) is 127 Å². The predicted octanol–water partition coefficient (Wildman–Crippen LogP) is 8.73. The fourth-order valence-corrected chi connectivity index (χ4v) is 4.74. The number of rotatable bonds is 5. The zero-order valence-corrected chi connectivity index (χ0v) is 21.5. The number of hydrogen-bond donors (Lipinski definition) is 0. The molecule has 39 heavy (non-hydrogen) atoms. The van der Waals surface area contributed by atoms with E-state index in [1.807, 2.05) is 97.1 Å². The third kappa shape index (κ3) is 5.04. The molecule has 0 amide bonds. The van der Waals surface area contributed by atoms with Gasteiger partial charge in [-0.1, -0.05) is 115 Å². The standard InChI is InChI=1S/C34H21ClN4/c35-28-13-8-12-26(21-28)29-14-6-7-16-31(29)34-38-32(37-33(39-34)30-15-5-4-11-27(30)22-36)25-19-17-24(18-20-25)23-9-2-1-3-10-23/h1-21H. The normalized spacial score (nSPS) is 10.7. The van der Waals surface area contributed by atoms with E-state index >= 15 is 0 Å². The van der Waals surface area contributed by atoms with E-state index < -0.39 is 0 Å². The molecule has 0 aliphatic rings. The fourth-order valence-electron chi connectivity index (χ4n) is 4.55. The average Bonchev–Trinajstić information content (AvgIpc) is 3.01. The summed E-state index contributed by atoms with van der Waals surface area (Å²) in [6.45, 7) is 0. The van der Waals surface area contributed by atoms with Crippen molar-refractivity contribution in [3.05, 3.63) is 138 Å². The molecule has 0 saturated carbocycles. The molecule has 0 fully saturated rings. The van der Waals surface area contributed by atoms with Crippen molar-refractivity contribution in [2.45, 2.75) is 0 Å². The van der Waals surface area contributed by atoms with Gasteiger partial charge in [0.15, 0.2) is 17.5 Å². The third-order valence-corrected chi connectivity index (χ3v) is 6.71. The van der Waals surface area contributed by atoms with Crippen molar-refractivity contribution in [3.63, 3.8) is 0 Å². The Morgan fingerprint density at radius 2 is 1.00 bits per heavy atom. The summed E-state index contributed by atoms with van der Waals surface area (Å²) >= 11 is 6.32. The summed E-state index contributed by atoms with van der Waals surface area (Å²) < 4.78 is 0. The molecule has 0 spiro atoms. The van der Waals surface area contributed by atoms with Crippen LogP contribution in [0.3, 0.4) is 0 Å². The molecule has 0 atom stereocenters. The van der Waals surface area contributed by atoms with Gasteiger partial charge in [-0.05, 0) is 46.5 Å². The molecule has 5 heteroatoms. The zero-order valence-electron chi connectivity index (χ0n) is 20.8. The highest BCUT2D eigenvalue weighted by Crippen LogP contribution is 2.34. The van der Waals surface area contributed by atoms with Crippen LogP contribution in [0.2, 0.25) is 5.02 Å². The van der Waals surface area contributed by atoms with Crippen LogP contribution in [0.4, 0.5) is 0 Å². The second-order valence-corrected chi connectivity index (χ2v) is 9.40. The number of nitrogens with zero attached hydrogens (tertiary/aromatic N) is 4. The largest absolute Gasteiger partial charge is 0.208 e. The Morgan fingerprint density at radius 3 is 1.72 bits per heavy atom. The lowest BCUT2D eigenvalue weighted by Gasteiger charge is -2.13. The van der Waals surface area contributed by atoms with Gasteiger partial charge in [-0.3, -0.25) is 0 Å². The average molecular weight is 521 g/mol. The minimum atomic E-state index is 0.445. The summed E-state index contributed by atoms with van der Waals surface area (Å²) in [7, 11) is 0. The van der Waals surface area contributed by atoms with Crippen LogP contribution < -0.4 is 0 Å². The van der Waals surface area contributed by atoms with Crippen molar-refractivity contribution in [1.29, 1.82) is 5.26 Å². The Balaban J connectivity index is 1.53. The van der Waals surface area contributed by atoms with Crippen molar-refractivity contribution < 1.29 is 0 Å². The molecule has 1 aromatic heterocycles. The number of benzene rings is 5. The predicted molar refractivity (Wildman–Crippen MR) is 157 cm³/mol. The first-order chi connectivity index (χ1) is 19.2. The number of hydrogen-bond acceptors (Lipinski definition) is 4. The molecule has 6 rings (SSSR count). The Hall–Kier alpha value is -5.11. The van der Waals surface area contributed by atoms with Crippen molar-refractivity contribution >= 4 is 11.6 Å². The molecule has 0 saturated heterocycles. The van der Waals surface area contributed by atoms with E-state index in [-0.39, 0.29) is 0 Å². The van der Waals surface area contributed by atoms with Crippen molar-refractivity contribution in [1.82, 2.24) is 15.0 Å². The molecule has 0 aliphatic heterocycles. The quantitative estimate of drug-likeness (QED) is 0.228. The van der Waals surface area contributed by atoms with E-state index in [2.05, 4.69) is 30.3 Å². The van der Waals surface area contributed by atoms with Crippen LogP contribution >= 0.6 is 11.6 Å². The van der Waals surface area contributed by atoms with Crippen LogP contribution in [0, 0.1) is 11.3 Å². The molecule has 0 unspecified atom stereocenters. The van der Waals surface area contributed by atoms with Crippen LogP contribution in [-0.4, -0.2) is 15.0 Å². The summed E-state index contributed by atoms with van der Waals surface area (Å²) in [6, 6.07) is 43.7. The third-order valence-electron chi connectivity index (χ3n) is 6.48. The van der Waals surface area contributed by atoms with Crippen LogP contribution in [-0.2, 0) is 0 Å². The van der Waals surface area contributed by atoms with E-state index in [4.69, 9.17) is 26.6 Å². The fraction of sp³-hybridized carbons (Fsp3) is 0. The number of aromatic nitrogens is 3. The Bertz CT molecular complexity index is 1820. The van der Waals surface area contributed by atoms with Gasteiger partial charge in [-0.25, -0.2) is 15.0 Å². The minimum Gasteiger partial charge on any atom is -0.208 e. The molecule has 0 N–H and O–H groups in total. The highest BCUT2D eigenvalue weighted by molar-refractivity contribution is 6.30. The monoisotopic (exact) mass is 520 g/mol. The molecule has 6 aromatic rings. The Morgan fingerprint density at radius 1 is 0.462 bits per heavy atom. The van der Waals surface area contributed by atoms with Gasteiger partial charge in [0.2, 0.25) is 0 Å². The molecule has 1 heterocycles. The molecular formula is C34H21ClN4. The maximum absolute atomic E-state index is 9.78. The van der Waals surface area contributed by atoms with Gasteiger partial charge < -0.3 is 0 Å². The van der Waals surface area contributed by atoms with E-state index in [1.165, 1.54) is 0 Å². The lowest BCUT2D eigenvalue weighted by atomic mass is 9.99. The van der Waals surface area contributed by atoms with E-state index in [9.17, 15) is 5.26 Å². The summed E-state index contributed by atoms with van der Waals surface area (Å²) in [5, 5.41) is 10.4. The topological polar surface area (TPSA) is 62.5 Å². The first-order valence-corrected chi connectivity index (χ1v) is 12.8. The van der Waals surface area contributed by atoms with E-state index in [0.29, 0.717) is 33.6 Å². The molecule has 5 aromatic carbocycles. The second-order valence-electron chi connectivity index (χ2n) is 8.96. The lowest BCUT2D eigenvalue weighted by Crippen LogP contribution is -2.02. The van der Waals surface area contributed by atoms with Gasteiger partial charge in [0.05, 0.1) is 11.6 Å². The highest BCUT2D eigenvalue weighted by atomic mass is 35.5. The van der Waals surface area contributed by atoms with E-state index in [0.717, 1.165) is 33.4 Å². The van der Waals surface area contributed by atoms with Gasteiger partial charge in [-0.2, -0.15) is 5.26 Å². The molecule has 4 nitrogen and oxygen atoms in total. The number of halogens is 1. The van der Waals surface area contributed by atoms with Crippen LogP contribution in [0.5, 0.6) is 0 Å². The molecule has 0 radical (unpaired) electrons. The van der Waals surface area contributed by atoms with Crippen LogP contribution in [0.25, 0.3) is 56.4 Å². The highest BCUT2D eigenvalue weighted by Gasteiger charge is 2.17. The Labute approximate surface area is 231 Å². The second kappa shape index (κ2) is 10.7. The van der Waals surface area contributed by atoms with Gasteiger partial charge in [0.25, 0.3) is 0 Å². The first kappa shape index (κ1) is 24.2. The maximum atomic E-state index is 9.78. The van der Waals surface area contributed by atoms with Gasteiger partial charge >= 0.3 is 0 Å². The molecule has 0 bridgehead atoms. The minimum absolute atomic E-state index is 0.445. The zero-order chi connectivity index (χ0) is 26.6. The summed E-state index contributed by atoms with van der Waals surface area (Å²) in [4.78, 5) is 14.6. The summed E-state index contributed by atoms with van der Waals surface area (Å²) in [6.07, 6.45) is 0. The SMILES string of the molecule is N#Cc1ccccc1-c1nc(-c2ccc(-c3ccccc3)cc2)nc(-c2ccccc2-c2cccc(Cl)c2)n1. The Kier molecular flexibility index (Phi) is 6.66. The van der Waals surface area contributed by atoms with Crippen molar-refractivity contribution in [2.24, 2.45) is 0 Å². The summed E-state index contributed by atoms with van der Waals surface area (Å²) in [5.74, 6) is 1.49. The van der Waals surface area contributed by atoms with E-state index in [1.54, 1.807) is 6.07 Å². The summed E-state index contributed by atoms with van der Waals surface area (Å²) in [5.41, 5.74) is 7.03. The molecular weight excluding hydrogens is 500 g/mol. The molecule has 184 valence electrons. The molecule has 0 aliphatic carbocycles. The lowest BCUT2D eigenvalue weighted by molar-refractivity contribution is 1.07. The van der Waals surface area contributed by atoms with Gasteiger partial charge in [0.1, 0.15) is 0 Å². The van der Waals surface area contributed by atoms with Gasteiger partial charge in [0, 0.05) is 21.7 Å². The van der Waals surface area contributed by atoms with Crippen LogP contribution in [0.1, 0.15) is 5.56 Å². The number of nitriles is 1. The van der Waals surface area contributed by atoms with Crippen molar-refractivity contribution in [2.75, 3.05) is 0 Å². The first-order valence-electron chi connectivity index (χ1n) is 12.5. The smallest absolute Gasteiger partial charge is 0.165 e. The van der Waals surface area contributed by atoms with Crippen molar-refractivity contribution in [3.8, 4) is 62.5 Å². The van der Waals surface area contributed by atoms with Gasteiger partial charge in [-0.15, -0.1) is 0 Å².